The van der Waals surface area contributed by atoms with Gasteiger partial charge in [-0.05, 0) is 72.0 Å². The average Bonchev–Trinajstić information content (AvgIpc) is 3.54. The van der Waals surface area contributed by atoms with Crippen LogP contribution >= 0.6 is 0 Å². The Labute approximate surface area is 311 Å². The fourth-order valence-electron chi connectivity index (χ4n) is 8.84. The Kier molecular flexibility index (Phi) is 12.3. The van der Waals surface area contributed by atoms with Gasteiger partial charge in [-0.25, -0.2) is 0 Å². The fourth-order valence-corrected chi connectivity index (χ4v) is 8.84. The molecule has 0 radical (unpaired) electrons. The zero-order valence-corrected chi connectivity index (χ0v) is 32.1. The van der Waals surface area contributed by atoms with Gasteiger partial charge >= 0.3 is 0 Å². The summed E-state index contributed by atoms with van der Waals surface area (Å²) in [6.45, 7) is 22.1. The predicted molar refractivity (Wildman–Crippen MR) is 206 cm³/mol. The molecule has 7 heterocycles. The second kappa shape index (κ2) is 17.1. The van der Waals surface area contributed by atoms with E-state index in [9.17, 15) is 10.2 Å². The Balaban J connectivity index is 0.872. The molecule has 3 aromatic heterocycles. The molecular weight excluding hydrogens is 649 g/mol. The minimum Gasteiger partial charge on any atom is -0.395 e. The highest BCUT2D eigenvalue weighted by molar-refractivity contribution is 5.29. The third-order valence-electron chi connectivity index (χ3n) is 12.3. The number of likely N-dealkylation sites (tertiary alicyclic amines) is 1. The molecule has 0 saturated carbocycles. The Morgan fingerprint density at radius 3 is 2.15 bits per heavy atom. The largest absolute Gasteiger partial charge is 0.395 e. The maximum atomic E-state index is 9.83. The van der Waals surface area contributed by atoms with Crippen LogP contribution in [0.5, 0.6) is 0 Å². The van der Waals surface area contributed by atoms with Crippen molar-refractivity contribution in [1.82, 2.24) is 39.5 Å². The lowest BCUT2D eigenvalue weighted by molar-refractivity contribution is 0.0241. The van der Waals surface area contributed by atoms with Crippen molar-refractivity contribution in [3.8, 4) is 0 Å². The van der Waals surface area contributed by atoms with E-state index in [1.54, 1.807) is 0 Å². The molecular formula is C42H62N8O2. The molecule has 4 aliphatic heterocycles. The number of pyridine rings is 3. The third-order valence-corrected chi connectivity index (χ3v) is 12.3. The molecule has 10 heteroatoms. The molecule has 2 fully saturated rings. The van der Waals surface area contributed by atoms with Crippen LogP contribution < -0.4 is 0 Å². The van der Waals surface area contributed by atoms with Gasteiger partial charge in [-0.1, -0.05) is 45.9 Å². The molecule has 52 heavy (non-hydrogen) atoms. The Morgan fingerprint density at radius 2 is 1.42 bits per heavy atom. The van der Waals surface area contributed by atoms with E-state index in [4.69, 9.17) is 15.0 Å². The quantitative estimate of drug-likeness (QED) is 0.239. The van der Waals surface area contributed by atoms with Gasteiger partial charge < -0.3 is 15.1 Å². The first kappa shape index (κ1) is 37.5. The molecule has 0 amide bonds. The molecule has 3 atom stereocenters. The highest BCUT2D eigenvalue weighted by atomic mass is 16.3. The number of hydrogen-bond donors (Lipinski definition) is 2. The lowest BCUT2D eigenvalue weighted by atomic mass is 9.93. The SMILES string of the molecule is CC(C)c1ccc(CN2CCN(CCO)C(CC(C)c3ccc4c(n3)CCN(C3CN(CCC(C)c5ccc6c(n5)CN(CCO)C6)C3)C4)C2)cn1. The third kappa shape index (κ3) is 8.92. The Bertz CT molecular complexity index is 1610. The predicted octanol–water partition coefficient (Wildman–Crippen LogP) is 4.21. The van der Waals surface area contributed by atoms with Crippen molar-refractivity contribution < 1.29 is 10.2 Å². The van der Waals surface area contributed by atoms with Gasteiger partial charge in [-0.2, -0.15) is 0 Å². The molecule has 10 nitrogen and oxygen atoms in total. The van der Waals surface area contributed by atoms with Crippen LogP contribution in [0.2, 0.25) is 0 Å². The number of nitrogens with zero attached hydrogens (tertiary/aromatic N) is 8. The molecule has 0 bridgehead atoms. The molecule has 3 aromatic rings. The van der Waals surface area contributed by atoms with Crippen molar-refractivity contribution in [3.05, 3.63) is 87.8 Å². The molecule has 2 N–H and O–H groups in total. The first-order valence-electron chi connectivity index (χ1n) is 20.0. The van der Waals surface area contributed by atoms with E-state index in [0.717, 1.165) is 110 Å². The standard InChI is InChI=1S/C42H62N8O2/c1-30(2)38-8-5-33(22-43-38)23-47-15-16-49(18-20-52)36(26-47)21-32(4)40-10-7-35-25-50(14-12-41(35)44-40)37-27-46(28-37)13-11-31(3)39-9-6-34-24-48(17-19-51)29-42(34)45-39/h5-10,22,30-32,36-37,51-52H,11-21,23-29H2,1-4H3. The number of hydrogen-bond acceptors (Lipinski definition) is 10. The monoisotopic (exact) mass is 710 g/mol. The number of aliphatic hydroxyl groups excluding tert-OH is 2. The summed E-state index contributed by atoms with van der Waals surface area (Å²) in [5.74, 6) is 1.25. The number of aromatic nitrogens is 3. The van der Waals surface area contributed by atoms with Gasteiger partial charge in [0, 0.05) is 126 Å². The van der Waals surface area contributed by atoms with Gasteiger partial charge in [0.1, 0.15) is 0 Å². The normalized spacial score (nSPS) is 22.0. The molecule has 282 valence electrons. The summed E-state index contributed by atoms with van der Waals surface area (Å²) in [6.07, 6.45) is 5.26. The number of piperazine rings is 1. The van der Waals surface area contributed by atoms with Crippen LogP contribution in [0.4, 0.5) is 0 Å². The van der Waals surface area contributed by atoms with Gasteiger partial charge in [0.15, 0.2) is 0 Å². The maximum Gasteiger partial charge on any atom is 0.0592 e. The summed E-state index contributed by atoms with van der Waals surface area (Å²) < 4.78 is 0. The zero-order chi connectivity index (χ0) is 36.2. The highest BCUT2D eigenvalue weighted by Crippen LogP contribution is 2.30. The fraction of sp³-hybridized carbons (Fsp3) is 0.643. The van der Waals surface area contributed by atoms with Crippen LogP contribution in [0.25, 0.3) is 0 Å². The lowest BCUT2D eigenvalue weighted by Gasteiger charge is -2.47. The van der Waals surface area contributed by atoms with Gasteiger partial charge in [-0.15, -0.1) is 0 Å². The Morgan fingerprint density at radius 1 is 0.692 bits per heavy atom. The minimum absolute atomic E-state index is 0.204. The molecule has 0 spiro atoms. The van der Waals surface area contributed by atoms with E-state index in [-0.39, 0.29) is 13.2 Å². The van der Waals surface area contributed by atoms with Crippen molar-refractivity contribution in [1.29, 1.82) is 0 Å². The van der Waals surface area contributed by atoms with E-state index in [2.05, 4.69) is 94.8 Å². The van der Waals surface area contributed by atoms with Crippen molar-refractivity contribution >= 4 is 0 Å². The highest BCUT2D eigenvalue weighted by Gasteiger charge is 2.34. The van der Waals surface area contributed by atoms with Crippen molar-refractivity contribution in [2.45, 2.75) is 103 Å². The second-order valence-electron chi connectivity index (χ2n) is 16.5. The van der Waals surface area contributed by atoms with Crippen molar-refractivity contribution in [2.75, 3.05) is 72.1 Å². The smallest absolute Gasteiger partial charge is 0.0592 e. The molecule has 7 rings (SSSR count). The van der Waals surface area contributed by atoms with Crippen LogP contribution in [-0.2, 0) is 32.6 Å². The Hall–Kier alpha value is -2.83. The zero-order valence-electron chi connectivity index (χ0n) is 32.1. The van der Waals surface area contributed by atoms with Crippen LogP contribution in [0.3, 0.4) is 0 Å². The maximum absolute atomic E-state index is 9.83. The van der Waals surface area contributed by atoms with Crippen molar-refractivity contribution in [2.24, 2.45) is 0 Å². The van der Waals surface area contributed by atoms with Gasteiger partial charge in [0.05, 0.1) is 18.9 Å². The van der Waals surface area contributed by atoms with Crippen molar-refractivity contribution in [3.63, 3.8) is 0 Å². The summed E-state index contributed by atoms with van der Waals surface area (Å²) in [5, 5.41) is 19.1. The number of aliphatic hydroxyl groups is 2. The van der Waals surface area contributed by atoms with Crippen LogP contribution in [-0.4, -0.2) is 134 Å². The minimum atomic E-state index is 0.204. The summed E-state index contributed by atoms with van der Waals surface area (Å²) >= 11 is 0. The van der Waals surface area contributed by atoms with E-state index >= 15 is 0 Å². The van der Waals surface area contributed by atoms with Gasteiger partial charge in [-0.3, -0.25) is 34.6 Å². The summed E-state index contributed by atoms with van der Waals surface area (Å²) in [4.78, 5) is 27.6. The lowest BCUT2D eigenvalue weighted by Crippen LogP contribution is -2.60. The van der Waals surface area contributed by atoms with E-state index < -0.39 is 0 Å². The van der Waals surface area contributed by atoms with Crippen LogP contribution in [0, 0.1) is 0 Å². The average molecular weight is 711 g/mol. The van der Waals surface area contributed by atoms with E-state index in [0.29, 0.717) is 29.8 Å². The first-order valence-corrected chi connectivity index (χ1v) is 20.0. The summed E-state index contributed by atoms with van der Waals surface area (Å²) in [7, 11) is 0. The second-order valence-corrected chi connectivity index (χ2v) is 16.5. The first-order chi connectivity index (χ1) is 25.3. The molecule has 0 aliphatic carbocycles. The number of fused-ring (bicyclic) bond motifs is 2. The van der Waals surface area contributed by atoms with Crippen LogP contribution in [0.1, 0.15) is 103 Å². The summed E-state index contributed by atoms with van der Waals surface area (Å²) in [5.41, 5.74) is 10.1. The molecule has 2 saturated heterocycles. The molecule has 4 aliphatic rings. The summed E-state index contributed by atoms with van der Waals surface area (Å²) in [6, 6.07) is 14.6. The van der Waals surface area contributed by atoms with E-state index in [1.165, 1.54) is 39.5 Å². The van der Waals surface area contributed by atoms with Gasteiger partial charge in [0.2, 0.25) is 0 Å². The number of β-amino-alcohol motifs (C(OH)–C–C–N with tert-alkyl or cyclic N) is 2. The topological polar surface area (TPSA) is 95.3 Å². The molecule has 3 unspecified atom stereocenters. The molecule has 0 aromatic carbocycles. The van der Waals surface area contributed by atoms with Gasteiger partial charge in [0.25, 0.3) is 0 Å². The van der Waals surface area contributed by atoms with E-state index in [1.807, 2.05) is 0 Å². The van der Waals surface area contributed by atoms with Crippen LogP contribution in [0.15, 0.2) is 42.6 Å². The number of rotatable bonds is 15.